The van der Waals surface area contributed by atoms with E-state index in [1.807, 2.05) is 13.0 Å². The maximum absolute atomic E-state index is 12.1. The lowest BCUT2D eigenvalue weighted by Crippen LogP contribution is -2.17. The lowest BCUT2D eigenvalue weighted by Gasteiger charge is -2.07. The predicted molar refractivity (Wildman–Crippen MR) is 86.7 cm³/mol. The summed E-state index contributed by atoms with van der Waals surface area (Å²) in [6.07, 6.45) is 0. The molecule has 0 fully saturated rings. The van der Waals surface area contributed by atoms with Gasteiger partial charge in [-0.15, -0.1) is 0 Å². The highest BCUT2D eigenvalue weighted by atomic mass is 79.9. The van der Waals surface area contributed by atoms with Crippen LogP contribution in [0.4, 0.5) is 5.69 Å². The second-order valence-electron chi connectivity index (χ2n) is 4.57. The van der Waals surface area contributed by atoms with Crippen LogP contribution in [0.25, 0.3) is 0 Å². The predicted octanol–water partition coefficient (Wildman–Crippen LogP) is 3.37. The van der Waals surface area contributed by atoms with Crippen molar-refractivity contribution >= 4 is 33.4 Å². The summed E-state index contributed by atoms with van der Waals surface area (Å²) in [6.45, 7) is 1.96. The van der Waals surface area contributed by atoms with E-state index in [-0.39, 0.29) is 11.8 Å². The van der Waals surface area contributed by atoms with Crippen LogP contribution in [-0.2, 0) is 0 Å². The third-order valence-electron chi connectivity index (χ3n) is 3.07. The Morgan fingerprint density at radius 2 is 1.57 bits per heavy atom. The van der Waals surface area contributed by atoms with E-state index in [4.69, 9.17) is 0 Å². The monoisotopic (exact) mass is 346 g/mol. The zero-order valence-electron chi connectivity index (χ0n) is 11.7. The molecule has 2 aromatic rings. The first-order valence-electron chi connectivity index (χ1n) is 6.41. The summed E-state index contributed by atoms with van der Waals surface area (Å²) in [5, 5.41) is 5.34. The zero-order chi connectivity index (χ0) is 15.4. The Balaban J connectivity index is 2.12. The van der Waals surface area contributed by atoms with Gasteiger partial charge < -0.3 is 10.6 Å². The number of aryl methyl sites for hydroxylation is 1. The number of halogens is 1. The molecule has 21 heavy (non-hydrogen) atoms. The van der Waals surface area contributed by atoms with E-state index in [0.29, 0.717) is 16.8 Å². The van der Waals surface area contributed by atoms with Crippen molar-refractivity contribution < 1.29 is 9.59 Å². The van der Waals surface area contributed by atoms with Crippen LogP contribution < -0.4 is 10.6 Å². The number of anilines is 1. The molecule has 0 spiro atoms. The highest BCUT2D eigenvalue weighted by molar-refractivity contribution is 9.10. The van der Waals surface area contributed by atoms with Gasteiger partial charge in [0.25, 0.3) is 11.8 Å². The van der Waals surface area contributed by atoms with Gasteiger partial charge in [0.2, 0.25) is 0 Å². The molecule has 4 nitrogen and oxygen atoms in total. The molecule has 0 heterocycles. The molecule has 0 unspecified atom stereocenters. The Morgan fingerprint density at radius 3 is 2.14 bits per heavy atom. The first-order chi connectivity index (χ1) is 10.0. The Bertz CT molecular complexity index is 681. The molecule has 0 aliphatic carbocycles. The van der Waals surface area contributed by atoms with Crippen LogP contribution in [0, 0.1) is 6.92 Å². The van der Waals surface area contributed by atoms with Crippen molar-refractivity contribution in [1.29, 1.82) is 0 Å². The number of hydrogen-bond acceptors (Lipinski definition) is 2. The third-order valence-corrected chi connectivity index (χ3v) is 3.92. The first kappa shape index (κ1) is 15.3. The van der Waals surface area contributed by atoms with Gasteiger partial charge >= 0.3 is 0 Å². The highest BCUT2D eigenvalue weighted by Crippen LogP contribution is 2.18. The second-order valence-corrected chi connectivity index (χ2v) is 5.43. The number of rotatable bonds is 3. The van der Waals surface area contributed by atoms with Crippen molar-refractivity contribution in [3.8, 4) is 0 Å². The molecule has 0 aliphatic rings. The van der Waals surface area contributed by atoms with E-state index in [1.54, 1.807) is 43.4 Å². The van der Waals surface area contributed by atoms with Crippen LogP contribution in [0.3, 0.4) is 0 Å². The summed E-state index contributed by atoms with van der Waals surface area (Å²) in [5.41, 5.74) is 2.84. The molecule has 2 amide bonds. The number of benzene rings is 2. The van der Waals surface area contributed by atoms with Crippen molar-refractivity contribution in [2.45, 2.75) is 6.92 Å². The molecular formula is C16H15BrN2O2. The fraction of sp³-hybridized carbons (Fsp3) is 0.125. The standard InChI is InChI=1S/C16H15BrN2O2/c1-10-3-4-12(9-14(10)17)16(21)19-13-7-5-11(6-8-13)15(20)18-2/h3-9H,1-2H3,(H,18,20)(H,19,21). The summed E-state index contributed by atoms with van der Waals surface area (Å²) in [4.78, 5) is 23.6. The summed E-state index contributed by atoms with van der Waals surface area (Å²) >= 11 is 3.41. The molecule has 2 N–H and O–H groups in total. The summed E-state index contributed by atoms with van der Waals surface area (Å²) in [6, 6.07) is 12.2. The Labute approximate surface area is 131 Å². The molecule has 0 aliphatic heterocycles. The number of carbonyl (C=O) groups excluding carboxylic acids is 2. The minimum absolute atomic E-state index is 0.157. The molecular weight excluding hydrogens is 332 g/mol. The SMILES string of the molecule is CNC(=O)c1ccc(NC(=O)c2ccc(C)c(Br)c2)cc1. The summed E-state index contributed by atoms with van der Waals surface area (Å²) in [7, 11) is 1.58. The van der Waals surface area contributed by atoms with Gasteiger partial charge in [0.05, 0.1) is 0 Å². The van der Waals surface area contributed by atoms with Crippen molar-refractivity contribution in [2.75, 3.05) is 12.4 Å². The Morgan fingerprint density at radius 1 is 0.952 bits per heavy atom. The number of hydrogen-bond donors (Lipinski definition) is 2. The first-order valence-corrected chi connectivity index (χ1v) is 7.20. The fourth-order valence-corrected chi connectivity index (χ4v) is 2.17. The lowest BCUT2D eigenvalue weighted by atomic mass is 10.1. The highest BCUT2D eigenvalue weighted by Gasteiger charge is 2.08. The molecule has 0 saturated heterocycles. The average Bonchev–Trinajstić information content (AvgIpc) is 2.50. The number of carbonyl (C=O) groups is 2. The molecule has 0 bridgehead atoms. The quantitative estimate of drug-likeness (QED) is 0.894. The normalized spacial score (nSPS) is 10.0. The van der Waals surface area contributed by atoms with Gasteiger partial charge in [0.1, 0.15) is 0 Å². The molecule has 2 aromatic carbocycles. The number of nitrogens with one attached hydrogen (secondary N) is 2. The molecule has 0 radical (unpaired) electrons. The molecule has 0 aromatic heterocycles. The van der Waals surface area contributed by atoms with Crippen LogP contribution in [0.15, 0.2) is 46.9 Å². The molecule has 108 valence electrons. The van der Waals surface area contributed by atoms with E-state index < -0.39 is 0 Å². The number of amides is 2. The van der Waals surface area contributed by atoms with Crippen molar-refractivity contribution in [3.05, 3.63) is 63.6 Å². The van der Waals surface area contributed by atoms with Crippen LogP contribution in [0.2, 0.25) is 0 Å². The molecule has 5 heteroatoms. The van der Waals surface area contributed by atoms with Gasteiger partial charge in [0.15, 0.2) is 0 Å². The largest absolute Gasteiger partial charge is 0.355 e. The van der Waals surface area contributed by atoms with E-state index in [9.17, 15) is 9.59 Å². The van der Waals surface area contributed by atoms with Crippen molar-refractivity contribution in [1.82, 2.24) is 5.32 Å². The smallest absolute Gasteiger partial charge is 0.255 e. The lowest BCUT2D eigenvalue weighted by molar-refractivity contribution is 0.0962. The van der Waals surface area contributed by atoms with Crippen LogP contribution in [-0.4, -0.2) is 18.9 Å². The maximum Gasteiger partial charge on any atom is 0.255 e. The van der Waals surface area contributed by atoms with Crippen molar-refractivity contribution in [2.24, 2.45) is 0 Å². The van der Waals surface area contributed by atoms with Gasteiger partial charge in [-0.2, -0.15) is 0 Å². The van der Waals surface area contributed by atoms with Crippen LogP contribution in [0.5, 0.6) is 0 Å². The fourth-order valence-electron chi connectivity index (χ4n) is 1.79. The minimum atomic E-state index is -0.191. The van der Waals surface area contributed by atoms with Gasteiger partial charge in [-0.05, 0) is 48.9 Å². The second kappa shape index (κ2) is 6.54. The Kier molecular flexibility index (Phi) is 4.75. The van der Waals surface area contributed by atoms with Gasteiger partial charge in [-0.1, -0.05) is 22.0 Å². The molecule has 2 rings (SSSR count). The molecule has 0 saturated carbocycles. The third kappa shape index (κ3) is 3.70. The maximum atomic E-state index is 12.1. The van der Waals surface area contributed by atoms with E-state index >= 15 is 0 Å². The summed E-state index contributed by atoms with van der Waals surface area (Å²) in [5.74, 6) is -0.348. The molecule has 0 atom stereocenters. The van der Waals surface area contributed by atoms with Gasteiger partial charge in [0, 0.05) is 28.3 Å². The van der Waals surface area contributed by atoms with Gasteiger partial charge in [-0.25, -0.2) is 0 Å². The Hall–Kier alpha value is -2.14. The van der Waals surface area contributed by atoms with E-state index in [0.717, 1.165) is 10.0 Å². The topological polar surface area (TPSA) is 58.2 Å². The average molecular weight is 347 g/mol. The van der Waals surface area contributed by atoms with Crippen LogP contribution in [0.1, 0.15) is 26.3 Å². The minimum Gasteiger partial charge on any atom is -0.355 e. The van der Waals surface area contributed by atoms with Crippen LogP contribution >= 0.6 is 15.9 Å². The van der Waals surface area contributed by atoms with Gasteiger partial charge in [-0.3, -0.25) is 9.59 Å². The van der Waals surface area contributed by atoms with E-state index in [2.05, 4.69) is 26.6 Å². The van der Waals surface area contributed by atoms with Crippen molar-refractivity contribution in [3.63, 3.8) is 0 Å². The zero-order valence-corrected chi connectivity index (χ0v) is 13.3. The van der Waals surface area contributed by atoms with E-state index in [1.165, 1.54) is 0 Å². The summed E-state index contributed by atoms with van der Waals surface area (Å²) < 4.78 is 0.894.